The average molecular weight is 328 g/mol. The van der Waals surface area contributed by atoms with Gasteiger partial charge >= 0.3 is 0 Å². The number of carbonyl (C=O) groups is 2. The fourth-order valence-corrected chi connectivity index (χ4v) is 3.78. The van der Waals surface area contributed by atoms with Crippen LogP contribution < -0.4 is 0 Å². The highest BCUT2D eigenvalue weighted by molar-refractivity contribution is 5.97. The minimum Gasteiger partial charge on any atom is -0.340 e. The van der Waals surface area contributed by atoms with Crippen molar-refractivity contribution in [2.24, 2.45) is 5.92 Å². The van der Waals surface area contributed by atoms with Gasteiger partial charge in [-0.2, -0.15) is 0 Å². The zero-order valence-electron chi connectivity index (χ0n) is 14.7. The van der Waals surface area contributed by atoms with Crippen LogP contribution in [0.4, 0.5) is 0 Å². The van der Waals surface area contributed by atoms with Crippen LogP contribution in [0.2, 0.25) is 0 Å². The summed E-state index contributed by atoms with van der Waals surface area (Å²) in [5, 5.41) is 0. The van der Waals surface area contributed by atoms with Crippen LogP contribution in [0.3, 0.4) is 0 Å². The van der Waals surface area contributed by atoms with E-state index in [4.69, 9.17) is 0 Å². The summed E-state index contributed by atoms with van der Waals surface area (Å²) in [6, 6.07) is 7.93. The first-order valence-electron chi connectivity index (χ1n) is 9.30. The summed E-state index contributed by atoms with van der Waals surface area (Å²) in [7, 11) is 0. The SMILES string of the molecule is CCc1ccc(C(=O)CN2CCN(C(=O)C3CCCC3)CC2)cc1. The molecule has 1 saturated heterocycles. The minimum atomic E-state index is 0.174. The number of Topliss-reactive ketones (excluding diaryl/α,β-unsaturated/α-hetero) is 1. The minimum absolute atomic E-state index is 0.174. The molecule has 1 aliphatic carbocycles. The lowest BCUT2D eigenvalue weighted by molar-refractivity contribution is -0.137. The van der Waals surface area contributed by atoms with Crippen molar-refractivity contribution in [2.75, 3.05) is 32.7 Å². The van der Waals surface area contributed by atoms with Gasteiger partial charge < -0.3 is 4.90 Å². The van der Waals surface area contributed by atoms with Gasteiger partial charge in [-0.25, -0.2) is 0 Å². The van der Waals surface area contributed by atoms with E-state index < -0.39 is 0 Å². The molecule has 0 unspecified atom stereocenters. The molecule has 3 rings (SSSR count). The first-order chi connectivity index (χ1) is 11.7. The maximum Gasteiger partial charge on any atom is 0.225 e. The van der Waals surface area contributed by atoms with Crippen LogP contribution in [0, 0.1) is 5.92 Å². The maximum atomic E-state index is 12.5. The second-order valence-corrected chi connectivity index (χ2v) is 7.06. The lowest BCUT2D eigenvalue weighted by Gasteiger charge is -2.35. The smallest absolute Gasteiger partial charge is 0.225 e. The predicted molar refractivity (Wildman–Crippen MR) is 95.1 cm³/mol. The Labute approximate surface area is 144 Å². The lowest BCUT2D eigenvalue weighted by Crippen LogP contribution is -2.51. The number of hydrogen-bond donors (Lipinski definition) is 0. The Morgan fingerprint density at radius 1 is 1.00 bits per heavy atom. The highest BCUT2D eigenvalue weighted by Gasteiger charge is 2.29. The molecule has 0 spiro atoms. The monoisotopic (exact) mass is 328 g/mol. The van der Waals surface area contributed by atoms with E-state index in [9.17, 15) is 9.59 Å². The van der Waals surface area contributed by atoms with E-state index in [0.717, 1.165) is 51.0 Å². The molecule has 2 fully saturated rings. The number of rotatable bonds is 5. The van der Waals surface area contributed by atoms with E-state index in [1.165, 1.54) is 18.4 Å². The third-order valence-electron chi connectivity index (χ3n) is 5.44. The molecule has 1 heterocycles. The molecule has 130 valence electrons. The molecule has 24 heavy (non-hydrogen) atoms. The Morgan fingerprint density at radius 2 is 1.62 bits per heavy atom. The molecule has 1 saturated carbocycles. The quantitative estimate of drug-likeness (QED) is 0.781. The molecule has 4 nitrogen and oxygen atoms in total. The second kappa shape index (κ2) is 7.93. The number of piperazine rings is 1. The van der Waals surface area contributed by atoms with Gasteiger partial charge in [0, 0.05) is 37.7 Å². The summed E-state index contributed by atoms with van der Waals surface area (Å²) in [6.45, 7) is 5.70. The zero-order valence-corrected chi connectivity index (χ0v) is 14.7. The number of benzene rings is 1. The summed E-state index contributed by atoms with van der Waals surface area (Å²) < 4.78 is 0. The van der Waals surface area contributed by atoms with Crippen molar-refractivity contribution in [1.29, 1.82) is 0 Å². The summed E-state index contributed by atoms with van der Waals surface area (Å²) in [5.74, 6) is 0.775. The number of ketones is 1. The van der Waals surface area contributed by atoms with Gasteiger partial charge in [0.05, 0.1) is 6.54 Å². The lowest BCUT2D eigenvalue weighted by atomic mass is 10.1. The molecule has 0 bridgehead atoms. The fraction of sp³-hybridized carbons (Fsp3) is 0.600. The van der Waals surface area contributed by atoms with Gasteiger partial charge in [-0.15, -0.1) is 0 Å². The highest BCUT2D eigenvalue weighted by Crippen LogP contribution is 2.26. The van der Waals surface area contributed by atoms with Gasteiger partial charge in [0.15, 0.2) is 5.78 Å². The highest BCUT2D eigenvalue weighted by atomic mass is 16.2. The van der Waals surface area contributed by atoms with Gasteiger partial charge in [-0.1, -0.05) is 44.0 Å². The van der Waals surface area contributed by atoms with E-state index in [0.29, 0.717) is 12.5 Å². The van der Waals surface area contributed by atoms with Crippen molar-refractivity contribution in [2.45, 2.75) is 39.0 Å². The Hall–Kier alpha value is -1.68. The van der Waals surface area contributed by atoms with Crippen LogP contribution in [-0.4, -0.2) is 54.2 Å². The van der Waals surface area contributed by atoms with E-state index in [1.807, 2.05) is 29.2 Å². The van der Waals surface area contributed by atoms with Gasteiger partial charge in [-0.3, -0.25) is 14.5 Å². The predicted octanol–water partition coefficient (Wildman–Crippen LogP) is 2.77. The maximum absolute atomic E-state index is 12.5. The van der Waals surface area contributed by atoms with Crippen molar-refractivity contribution in [1.82, 2.24) is 9.80 Å². The number of amides is 1. The summed E-state index contributed by atoms with van der Waals surface area (Å²) >= 11 is 0. The van der Waals surface area contributed by atoms with Crippen molar-refractivity contribution >= 4 is 11.7 Å². The van der Waals surface area contributed by atoms with Crippen LogP contribution in [0.1, 0.15) is 48.5 Å². The van der Waals surface area contributed by atoms with Crippen LogP contribution in [0.15, 0.2) is 24.3 Å². The zero-order chi connectivity index (χ0) is 16.9. The average Bonchev–Trinajstić information content (AvgIpc) is 3.16. The Bertz CT molecular complexity index is 568. The number of nitrogens with zero attached hydrogens (tertiary/aromatic N) is 2. The molecule has 0 atom stereocenters. The number of hydrogen-bond acceptors (Lipinski definition) is 3. The Kier molecular flexibility index (Phi) is 5.67. The van der Waals surface area contributed by atoms with Crippen molar-refractivity contribution in [3.63, 3.8) is 0 Å². The largest absolute Gasteiger partial charge is 0.340 e. The van der Waals surface area contributed by atoms with Gasteiger partial charge in [-0.05, 0) is 24.8 Å². The fourth-order valence-electron chi connectivity index (χ4n) is 3.78. The molecule has 0 radical (unpaired) electrons. The summed E-state index contributed by atoms with van der Waals surface area (Å²) in [4.78, 5) is 29.0. The Morgan fingerprint density at radius 3 is 2.21 bits per heavy atom. The number of aryl methyl sites for hydroxylation is 1. The molecule has 1 aromatic carbocycles. The molecular formula is C20H28N2O2. The van der Waals surface area contributed by atoms with Crippen LogP contribution in [0.25, 0.3) is 0 Å². The van der Waals surface area contributed by atoms with Gasteiger partial charge in [0.25, 0.3) is 0 Å². The Balaban J connectivity index is 1.47. The van der Waals surface area contributed by atoms with E-state index >= 15 is 0 Å². The van der Waals surface area contributed by atoms with E-state index in [1.54, 1.807) is 0 Å². The van der Waals surface area contributed by atoms with E-state index in [-0.39, 0.29) is 11.7 Å². The van der Waals surface area contributed by atoms with E-state index in [2.05, 4.69) is 11.8 Å². The molecule has 4 heteroatoms. The second-order valence-electron chi connectivity index (χ2n) is 7.06. The number of carbonyl (C=O) groups excluding carboxylic acids is 2. The third kappa shape index (κ3) is 4.04. The van der Waals surface area contributed by atoms with Crippen molar-refractivity contribution in [3.8, 4) is 0 Å². The first kappa shape index (κ1) is 17.2. The van der Waals surface area contributed by atoms with Crippen molar-refractivity contribution in [3.05, 3.63) is 35.4 Å². The van der Waals surface area contributed by atoms with Crippen LogP contribution in [0.5, 0.6) is 0 Å². The van der Waals surface area contributed by atoms with Gasteiger partial charge in [0.2, 0.25) is 5.91 Å². The molecule has 1 aromatic rings. The van der Waals surface area contributed by atoms with Crippen LogP contribution >= 0.6 is 0 Å². The normalized spacial score (nSPS) is 19.6. The third-order valence-corrected chi connectivity index (χ3v) is 5.44. The molecular weight excluding hydrogens is 300 g/mol. The van der Waals surface area contributed by atoms with Gasteiger partial charge in [0.1, 0.15) is 0 Å². The molecule has 0 N–H and O–H groups in total. The molecule has 2 aliphatic rings. The van der Waals surface area contributed by atoms with Crippen molar-refractivity contribution < 1.29 is 9.59 Å². The standard InChI is InChI=1S/C20H28N2O2/c1-2-16-7-9-17(10-8-16)19(23)15-21-11-13-22(14-12-21)20(24)18-5-3-4-6-18/h7-10,18H,2-6,11-15H2,1H3. The molecule has 1 aliphatic heterocycles. The summed E-state index contributed by atoms with van der Waals surface area (Å²) in [6.07, 6.45) is 5.51. The summed E-state index contributed by atoms with van der Waals surface area (Å²) in [5.41, 5.74) is 2.04. The molecule has 0 aromatic heterocycles. The van der Waals surface area contributed by atoms with Crippen LogP contribution in [-0.2, 0) is 11.2 Å². The first-order valence-corrected chi connectivity index (χ1v) is 9.30. The topological polar surface area (TPSA) is 40.6 Å². The molecule has 1 amide bonds.